The Morgan fingerprint density at radius 2 is 2.32 bits per heavy atom. The van der Waals surface area contributed by atoms with Crippen molar-refractivity contribution in [3.8, 4) is 12.3 Å². The molecule has 1 aromatic rings. The van der Waals surface area contributed by atoms with Gasteiger partial charge in [-0.2, -0.15) is 0 Å². The van der Waals surface area contributed by atoms with E-state index in [1.54, 1.807) is 11.0 Å². The number of aliphatic hydroxyl groups is 1. The number of nitrogens with zero attached hydrogens (tertiary/aromatic N) is 1. The number of likely N-dealkylation sites (tertiary alicyclic amines) is 1. The summed E-state index contributed by atoms with van der Waals surface area (Å²) in [5.41, 5.74) is 1.35. The molecule has 1 aromatic carbocycles. The minimum absolute atomic E-state index is 0.0195. The Labute approximate surface area is 113 Å². The van der Waals surface area contributed by atoms with Gasteiger partial charge in [0.15, 0.2) is 0 Å². The first-order chi connectivity index (χ1) is 9.27. The zero-order valence-electron chi connectivity index (χ0n) is 10.8. The molecule has 4 nitrogen and oxygen atoms in total. The molecule has 0 radical (unpaired) electrons. The van der Waals surface area contributed by atoms with Gasteiger partial charge in [-0.05, 0) is 25.0 Å². The third-order valence-electron chi connectivity index (χ3n) is 3.39. The summed E-state index contributed by atoms with van der Waals surface area (Å²) in [6.45, 7) is 1.10. The number of hydrogen-bond acceptors (Lipinski definition) is 3. The standard InChI is InChI=1S/C15H18N2O2/c1-2-9-16-14-8-4-3-7-13(14)15(19)17-10-5-6-12(17)11-18/h1,3-4,7-8,12,16,18H,5-6,9-11H2/t12-/m1/s1. The molecule has 1 atom stereocenters. The summed E-state index contributed by atoms with van der Waals surface area (Å²) in [5, 5.41) is 12.4. The topological polar surface area (TPSA) is 52.6 Å². The predicted octanol–water partition coefficient (Wildman–Crippen LogP) is 1.33. The summed E-state index contributed by atoms with van der Waals surface area (Å²) >= 11 is 0. The molecule has 1 fully saturated rings. The van der Waals surface area contributed by atoms with Crippen molar-refractivity contribution in [3.63, 3.8) is 0 Å². The maximum absolute atomic E-state index is 12.5. The van der Waals surface area contributed by atoms with Crippen molar-refractivity contribution in [2.24, 2.45) is 0 Å². The molecule has 1 heterocycles. The number of benzene rings is 1. The number of rotatable bonds is 4. The Bertz CT molecular complexity index is 493. The zero-order valence-corrected chi connectivity index (χ0v) is 10.8. The van der Waals surface area contributed by atoms with Crippen LogP contribution in [-0.2, 0) is 0 Å². The molecule has 1 saturated heterocycles. The van der Waals surface area contributed by atoms with Crippen molar-refractivity contribution in [1.82, 2.24) is 4.90 Å². The van der Waals surface area contributed by atoms with Gasteiger partial charge in [-0.3, -0.25) is 4.79 Å². The first kappa shape index (κ1) is 13.4. The van der Waals surface area contributed by atoms with Crippen molar-refractivity contribution in [2.75, 3.05) is 25.0 Å². The average molecular weight is 258 g/mol. The van der Waals surface area contributed by atoms with E-state index < -0.39 is 0 Å². The Morgan fingerprint density at radius 1 is 1.53 bits per heavy atom. The number of terminal acetylenes is 1. The lowest BCUT2D eigenvalue weighted by molar-refractivity contribution is 0.0678. The number of hydrogen-bond donors (Lipinski definition) is 2. The lowest BCUT2D eigenvalue weighted by atomic mass is 10.1. The highest BCUT2D eigenvalue weighted by molar-refractivity contribution is 6.00. The summed E-state index contributed by atoms with van der Waals surface area (Å²) in [7, 11) is 0. The molecule has 0 saturated carbocycles. The van der Waals surface area contributed by atoms with Crippen LogP contribution in [0.1, 0.15) is 23.2 Å². The van der Waals surface area contributed by atoms with Crippen LogP contribution in [0.3, 0.4) is 0 Å². The molecular formula is C15H18N2O2. The minimum Gasteiger partial charge on any atom is -0.394 e. The Balaban J connectivity index is 2.21. The summed E-state index contributed by atoms with van der Waals surface area (Å²) in [6, 6.07) is 7.26. The summed E-state index contributed by atoms with van der Waals surface area (Å²) in [6.07, 6.45) is 7.03. The first-order valence-electron chi connectivity index (χ1n) is 6.46. The molecule has 0 bridgehead atoms. The lowest BCUT2D eigenvalue weighted by Crippen LogP contribution is -2.37. The number of aliphatic hydroxyl groups excluding tert-OH is 1. The van der Waals surface area contributed by atoms with E-state index in [9.17, 15) is 9.90 Å². The van der Waals surface area contributed by atoms with Gasteiger partial charge in [0.1, 0.15) is 0 Å². The zero-order chi connectivity index (χ0) is 13.7. The van der Waals surface area contributed by atoms with Gasteiger partial charge in [0.2, 0.25) is 0 Å². The lowest BCUT2D eigenvalue weighted by Gasteiger charge is -2.24. The normalized spacial score (nSPS) is 18.1. The van der Waals surface area contributed by atoms with E-state index in [2.05, 4.69) is 11.2 Å². The number of carbonyl (C=O) groups is 1. The van der Waals surface area contributed by atoms with Crippen molar-refractivity contribution >= 4 is 11.6 Å². The Hall–Kier alpha value is -1.99. The molecule has 0 aromatic heterocycles. The molecule has 2 rings (SSSR count). The van der Waals surface area contributed by atoms with Gasteiger partial charge in [0.05, 0.1) is 24.8 Å². The molecule has 4 heteroatoms. The Morgan fingerprint density at radius 3 is 3.05 bits per heavy atom. The Kier molecular flexibility index (Phi) is 4.43. The van der Waals surface area contributed by atoms with E-state index in [1.807, 2.05) is 18.2 Å². The van der Waals surface area contributed by atoms with Gasteiger partial charge in [0.25, 0.3) is 5.91 Å². The molecule has 1 aliphatic rings. The second-order valence-electron chi connectivity index (χ2n) is 4.58. The molecule has 0 spiro atoms. The van der Waals surface area contributed by atoms with Crippen molar-refractivity contribution in [1.29, 1.82) is 0 Å². The number of carbonyl (C=O) groups excluding carboxylic acids is 1. The SMILES string of the molecule is C#CCNc1ccccc1C(=O)N1CCC[C@@H]1CO. The van der Waals surface area contributed by atoms with Gasteiger partial charge in [-0.25, -0.2) is 0 Å². The third-order valence-corrected chi connectivity index (χ3v) is 3.39. The average Bonchev–Trinajstić information content (AvgIpc) is 2.93. The van der Waals surface area contributed by atoms with Crippen LogP contribution >= 0.6 is 0 Å². The fourth-order valence-corrected chi connectivity index (χ4v) is 2.42. The number of para-hydroxylation sites is 1. The molecular weight excluding hydrogens is 240 g/mol. The molecule has 1 aliphatic heterocycles. The van der Waals surface area contributed by atoms with E-state index in [-0.39, 0.29) is 18.6 Å². The van der Waals surface area contributed by atoms with E-state index in [0.29, 0.717) is 18.7 Å². The van der Waals surface area contributed by atoms with Crippen LogP contribution in [0.2, 0.25) is 0 Å². The largest absolute Gasteiger partial charge is 0.394 e. The summed E-state index contributed by atoms with van der Waals surface area (Å²) in [4.78, 5) is 14.3. The molecule has 2 N–H and O–H groups in total. The fraction of sp³-hybridized carbons (Fsp3) is 0.400. The predicted molar refractivity (Wildman–Crippen MR) is 74.9 cm³/mol. The van der Waals surface area contributed by atoms with Gasteiger partial charge < -0.3 is 15.3 Å². The second-order valence-corrected chi connectivity index (χ2v) is 4.58. The van der Waals surface area contributed by atoms with E-state index in [1.165, 1.54) is 0 Å². The first-order valence-corrected chi connectivity index (χ1v) is 6.46. The number of anilines is 1. The summed E-state index contributed by atoms with van der Waals surface area (Å²) < 4.78 is 0. The van der Waals surface area contributed by atoms with Crippen LogP contribution in [0.25, 0.3) is 0 Å². The minimum atomic E-state index is -0.0619. The van der Waals surface area contributed by atoms with Gasteiger partial charge in [0, 0.05) is 12.2 Å². The van der Waals surface area contributed by atoms with Crippen LogP contribution in [0.15, 0.2) is 24.3 Å². The quantitative estimate of drug-likeness (QED) is 0.801. The van der Waals surface area contributed by atoms with E-state index in [0.717, 1.165) is 18.5 Å². The highest BCUT2D eigenvalue weighted by Gasteiger charge is 2.29. The molecule has 0 unspecified atom stereocenters. The summed E-state index contributed by atoms with van der Waals surface area (Å²) in [5.74, 6) is 2.45. The molecule has 0 aliphatic carbocycles. The van der Waals surface area contributed by atoms with Crippen LogP contribution in [0.4, 0.5) is 5.69 Å². The van der Waals surface area contributed by atoms with Crippen LogP contribution < -0.4 is 5.32 Å². The molecule has 19 heavy (non-hydrogen) atoms. The number of amides is 1. The van der Waals surface area contributed by atoms with E-state index in [4.69, 9.17) is 6.42 Å². The maximum Gasteiger partial charge on any atom is 0.256 e. The molecule has 100 valence electrons. The van der Waals surface area contributed by atoms with Crippen molar-refractivity contribution < 1.29 is 9.90 Å². The smallest absolute Gasteiger partial charge is 0.256 e. The maximum atomic E-state index is 12.5. The van der Waals surface area contributed by atoms with Crippen molar-refractivity contribution in [2.45, 2.75) is 18.9 Å². The van der Waals surface area contributed by atoms with Gasteiger partial charge in [-0.15, -0.1) is 6.42 Å². The van der Waals surface area contributed by atoms with Gasteiger partial charge in [-0.1, -0.05) is 18.1 Å². The number of nitrogens with one attached hydrogen (secondary N) is 1. The van der Waals surface area contributed by atoms with E-state index >= 15 is 0 Å². The molecule has 1 amide bonds. The van der Waals surface area contributed by atoms with Crippen LogP contribution in [0, 0.1) is 12.3 Å². The third kappa shape index (κ3) is 2.88. The van der Waals surface area contributed by atoms with Gasteiger partial charge >= 0.3 is 0 Å². The van der Waals surface area contributed by atoms with Crippen molar-refractivity contribution in [3.05, 3.63) is 29.8 Å². The monoisotopic (exact) mass is 258 g/mol. The highest BCUT2D eigenvalue weighted by Crippen LogP contribution is 2.23. The van der Waals surface area contributed by atoms with Crippen LogP contribution in [-0.4, -0.2) is 41.7 Å². The fourth-order valence-electron chi connectivity index (χ4n) is 2.42. The van der Waals surface area contributed by atoms with Crippen LogP contribution in [0.5, 0.6) is 0 Å². The second kappa shape index (κ2) is 6.26. The highest BCUT2D eigenvalue weighted by atomic mass is 16.3.